The van der Waals surface area contributed by atoms with Crippen molar-refractivity contribution >= 4 is 27.9 Å². The molecule has 3 aromatic rings. The Hall–Kier alpha value is -1.43. The van der Waals surface area contributed by atoms with E-state index in [9.17, 15) is 0 Å². The van der Waals surface area contributed by atoms with E-state index >= 15 is 0 Å². The first kappa shape index (κ1) is 12.3. The third-order valence-electron chi connectivity index (χ3n) is 3.67. The zero-order valence-electron chi connectivity index (χ0n) is 10.7. The molecular weight excluding hydrogens is 292 g/mol. The molecule has 4 nitrogen and oxygen atoms in total. The summed E-state index contributed by atoms with van der Waals surface area (Å²) in [5.41, 5.74) is 8.08. The van der Waals surface area contributed by atoms with E-state index in [2.05, 4.69) is 10.1 Å². The van der Waals surface area contributed by atoms with Gasteiger partial charge in [-0.25, -0.2) is 9.50 Å². The minimum atomic E-state index is 0.0424. The lowest BCUT2D eigenvalue weighted by molar-refractivity contribution is 0.618. The number of nitrogens with zero attached hydrogens (tertiary/aromatic N) is 3. The fourth-order valence-electron chi connectivity index (χ4n) is 2.35. The van der Waals surface area contributed by atoms with Crippen molar-refractivity contribution in [1.29, 1.82) is 0 Å². The molecule has 0 bridgehead atoms. The fraction of sp³-hybridized carbons (Fsp3) is 0.286. The van der Waals surface area contributed by atoms with Gasteiger partial charge in [0.15, 0.2) is 0 Å². The highest BCUT2D eigenvalue weighted by molar-refractivity contribution is 7.16. The van der Waals surface area contributed by atoms with E-state index < -0.39 is 0 Å². The van der Waals surface area contributed by atoms with Crippen LogP contribution < -0.4 is 5.73 Å². The molecule has 2 aromatic heterocycles. The van der Waals surface area contributed by atoms with Gasteiger partial charge in [0.25, 0.3) is 0 Å². The Morgan fingerprint density at radius 2 is 2.15 bits per heavy atom. The molecule has 2 heterocycles. The van der Waals surface area contributed by atoms with Gasteiger partial charge < -0.3 is 5.73 Å². The van der Waals surface area contributed by atoms with Crippen molar-refractivity contribution in [2.45, 2.75) is 18.9 Å². The molecule has 0 spiro atoms. The van der Waals surface area contributed by atoms with E-state index in [0.717, 1.165) is 21.2 Å². The molecular formula is C14H13ClN4S. The Bertz CT molecular complexity index is 774. The van der Waals surface area contributed by atoms with E-state index in [-0.39, 0.29) is 6.04 Å². The largest absolute Gasteiger partial charge is 0.322 e. The van der Waals surface area contributed by atoms with Gasteiger partial charge in [-0.15, -0.1) is 0 Å². The number of imidazole rings is 1. The smallest absolute Gasteiger partial charge is 0.212 e. The molecule has 2 N–H and O–H groups in total. The standard InChI is InChI=1S/C14H13ClN4S/c15-10-4-2-1-3-9(10)11-7-17-14-19(11)18-13(20-14)12(16)8-5-6-8/h1-4,7-8,12H,5-6,16H2. The normalized spacial score (nSPS) is 16.7. The lowest BCUT2D eigenvalue weighted by Gasteiger charge is -2.04. The van der Waals surface area contributed by atoms with Crippen molar-refractivity contribution in [2.75, 3.05) is 0 Å². The summed E-state index contributed by atoms with van der Waals surface area (Å²) in [4.78, 5) is 5.29. The van der Waals surface area contributed by atoms with Gasteiger partial charge in [0, 0.05) is 5.56 Å². The fourth-order valence-corrected chi connectivity index (χ4v) is 3.55. The van der Waals surface area contributed by atoms with Crippen LogP contribution in [0.5, 0.6) is 0 Å². The van der Waals surface area contributed by atoms with E-state index in [1.807, 2.05) is 35.0 Å². The number of aromatic nitrogens is 3. The molecule has 0 saturated heterocycles. The maximum atomic E-state index is 6.26. The molecule has 0 radical (unpaired) electrons. The van der Waals surface area contributed by atoms with Crippen molar-refractivity contribution < 1.29 is 0 Å². The predicted molar refractivity (Wildman–Crippen MR) is 81.0 cm³/mol. The number of hydrogen-bond donors (Lipinski definition) is 1. The van der Waals surface area contributed by atoms with E-state index in [4.69, 9.17) is 17.3 Å². The molecule has 0 aliphatic heterocycles. The summed E-state index contributed by atoms with van der Waals surface area (Å²) >= 11 is 7.82. The quantitative estimate of drug-likeness (QED) is 0.805. The molecule has 6 heteroatoms. The van der Waals surface area contributed by atoms with E-state index in [1.54, 1.807) is 11.3 Å². The first-order chi connectivity index (χ1) is 9.74. The highest BCUT2D eigenvalue weighted by Crippen LogP contribution is 2.41. The third kappa shape index (κ3) is 1.93. The molecule has 20 heavy (non-hydrogen) atoms. The third-order valence-corrected chi connectivity index (χ3v) is 5.02. The SMILES string of the molecule is NC(c1nn2c(-c3ccccc3Cl)cnc2s1)C1CC1. The Balaban J connectivity index is 1.82. The Morgan fingerprint density at radius 3 is 2.90 bits per heavy atom. The maximum absolute atomic E-state index is 6.26. The zero-order chi connectivity index (χ0) is 13.7. The van der Waals surface area contributed by atoms with Crippen molar-refractivity contribution in [2.24, 2.45) is 11.7 Å². The first-order valence-electron chi connectivity index (χ1n) is 6.59. The second-order valence-electron chi connectivity index (χ2n) is 5.12. The lowest BCUT2D eigenvalue weighted by atomic mass is 10.2. The van der Waals surface area contributed by atoms with Crippen molar-refractivity contribution in [3.63, 3.8) is 0 Å². The second kappa shape index (κ2) is 4.55. The van der Waals surface area contributed by atoms with Crippen LogP contribution >= 0.6 is 22.9 Å². The molecule has 4 rings (SSSR count). The van der Waals surface area contributed by atoms with Crippen LogP contribution in [0.25, 0.3) is 16.2 Å². The lowest BCUT2D eigenvalue weighted by Crippen LogP contribution is -2.12. The van der Waals surface area contributed by atoms with Gasteiger partial charge in [-0.1, -0.05) is 41.1 Å². The van der Waals surface area contributed by atoms with Crippen molar-refractivity contribution in [3.8, 4) is 11.3 Å². The molecule has 1 unspecified atom stereocenters. The van der Waals surface area contributed by atoms with Crippen LogP contribution in [0.1, 0.15) is 23.9 Å². The number of fused-ring (bicyclic) bond motifs is 1. The number of hydrogen-bond acceptors (Lipinski definition) is 4. The minimum absolute atomic E-state index is 0.0424. The number of nitrogens with two attached hydrogens (primary N) is 1. The average Bonchev–Trinajstić information content (AvgIpc) is 3.09. The van der Waals surface area contributed by atoms with Crippen LogP contribution in [0, 0.1) is 5.92 Å². The van der Waals surface area contributed by atoms with Crippen LogP contribution in [0.2, 0.25) is 5.02 Å². The van der Waals surface area contributed by atoms with Gasteiger partial charge >= 0.3 is 0 Å². The summed E-state index contributed by atoms with van der Waals surface area (Å²) in [6.07, 6.45) is 4.23. The van der Waals surface area contributed by atoms with Crippen molar-refractivity contribution in [3.05, 3.63) is 40.5 Å². The zero-order valence-corrected chi connectivity index (χ0v) is 12.2. The molecule has 1 aliphatic carbocycles. The number of rotatable bonds is 3. The minimum Gasteiger partial charge on any atom is -0.322 e. The molecule has 1 saturated carbocycles. The highest BCUT2D eigenvalue weighted by atomic mass is 35.5. The van der Waals surface area contributed by atoms with Gasteiger partial charge in [-0.3, -0.25) is 0 Å². The molecule has 1 fully saturated rings. The summed E-state index contributed by atoms with van der Waals surface area (Å²) in [6.45, 7) is 0. The summed E-state index contributed by atoms with van der Waals surface area (Å²) in [6, 6.07) is 7.77. The van der Waals surface area contributed by atoms with Crippen LogP contribution in [-0.4, -0.2) is 14.6 Å². The van der Waals surface area contributed by atoms with Gasteiger partial charge in [0.05, 0.1) is 23.0 Å². The Morgan fingerprint density at radius 1 is 1.35 bits per heavy atom. The van der Waals surface area contributed by atoms with Crippen LogP contribution in [0.15, 0.2) is 30.5 Å². The topological polar surface area (TPSA) is 56.2 Å². The molecule has 102 valence electrons. The summed E-state index contributed by atoms with van der Waals surface area (Å²) in [5.74, 6) is 0.592. The van der Waals surface area contributed by atoms with Gasteiger partial charge in [0.2, 0.25) is 4.96 Å². The maximum Gasteiger partial charge on any atom is 0.212 e. The van der Waals surface area contributed by atoms with Crippen LogP contribution in [0.4, 0.5) is 0 Å². The molecule has 1 atom stereocenters. The van der Waals surface area contributed by atoms with Gasteiger partial charge in [-0.2, -0.15) is 5.10 Å². The van der Waals surface area contributed by atoms with Gasteiger partial charge in [-0.05, 0) is 24.8 Å². The predicted octanol–water partition coefficient (Wildman–Crippen LogP) is 3.52. The molecule has 1 aromatic carbocycles. The summed E-state index contributed by atoms with van der Waals surface area (Å²) < 4.78 is 1.85. The molecule has 0 amide bonds. The Kier molecular flexibility index (Phi) is 2.80. The van der Waals surface area contributed by atoms with Crippen LogP contribution in [0.3, 0.4) is 0 Å². The van der Waals surface area contributed by atoms with E-state index in [0.29, 0.717) is 10.9 Å². The second-order valence-corrected chi connectivity index (χ2v) is 6.52. The monoisotopic (exact) mass is 304 g/mol. The molecule has 1 aliphatic rings. The number of halogens is 1. The average molecular weight is 305 g/mol. The summed E-state index contributed by atoms with van der Waals surface area (Å²) in [5, 5.41) is 6.31. The Labute approximate surface area is 125 Å². The first-order valence-corrected chi connectivity index (χ1v) is 7.78. The van der Waals surface area contributed by atoms with Gasteiger partial charge in [0.1, 0.15) is 5.01 Å². The van der Waals surface area contributed by atoms with Crippen LogP contribution in [-0.2, 0) is 0 Å². The van der Waals surface area contributed by atoms with E-state index in [1.165, 1.54) is 12.8 Å². The van der Waals surface area contributed by atoms with Crippen molar-refractivity contribution in [1.82, 2.24) is 14.6 Å². The number of benzene rings is 1. The highest BCUT2D eigenvalue weighted by Gasteiger charge is 2.32. The summed E-state index contributed by atoms with van der Waals surface area (Å²) in [7, 11) is 0.